The fourth-order valence-electron chi connectivity index (χ4n) is 7.39. The predicted molar refractivity (Wildman–Crippen MR) is 172 cm³/mol. The van der Waals surface area contributed by atoms with Gasteiger partial charge in [-0.1, -0.05) is 0 Å². The van der Waals surface area contributed by atoms with Crippen molar-refractivity contribution in [2.45, 2.75) is 77.2 Å². The lowest BCUT2D eigenvalue weighted by Gasteiger charge is -2.34. The Morgan fingerprint density at radius 3 is 2.59 bits per heavy atom. The third kappa shape index (κ3) is 5.33. The molecule has 12 heteroatoms. The van der Waals surface area contributed by atoms with E-state index in [4.69, 9.17) is 14.5 Å². The van der Waals surface area contributed by atoms with Gasteiger partial charge < -0.3 is 34.1 Å². The molecule has 4 aromatic rings. The molecular formula is C34H41N7O5. The van der Waals surface area contributed by atoms with Gasteiger partial charge in [-0.25, -0.2) is 14.8 Å². The average Bonchev–Trinajstić information content (AvgIpc) is 3.39. The fourth-order valence-corrected chi connectivity index (χ4v) is 7.39. The van der Waals surface area contributed by atoms with Crippen molar-refractivity contribution in [3.63, 3.8) is 0 Å². The highest BCUT2D eigenvalue weighted by atomic mass is 16.6. The standard InChI is InChI=1S/C34H41N7O5/c1-18(42)36-24-13-22-17-41(29(24)27(22)38-33(44)46-34(2,3)4)32(43)21-12-23-28(26(15-21)45-6)39(5)31(37-23)25-14-20-8-7-11-35-30(20)40(25)16-19-9-10-19/h7-8,11-12,14-15,19,22,24,27,29H,9-10,13,16-17H2,1-6H3,(H,36,42)(H,38,44)/t22-,24+,27-,29-/m1/s1. The molecular weight excluding hydrogens is 586 g/mol. The maximum atomic E-state index is 14.3. The molecule has 7 rings (SSSR count). The van der Waals surface area contributed by atoms with Crippen LogP contribution in [-0.2, 0) is 23.1 Å². The van der Waals surface area contributed by atoms with Crippen LogP contribution in [0.2, 0.25) is 0 Å². The van der Waals surface area contributed by atoms with Gasteiger partial charge in [0.05, 0.1) is 36.4 Å². The van der Waals surface area contributed by atoms with E-state index in [0.29, 0.717) is 35.7 Å². The van der Waals surface area contributed by atoms with Crippen LogP contribution >= 0.6 is 0 Å². The van der Waals surface area contributed by atoms with Crippen molar-refractivity contribution in [1.29, 1.82) is 0 Å². The lowest BCUT2D eigenvalue weighted by atomic mass is 10.0. The molecule has 242 valence electrons. The van der Waals surface area contributed by atoms with Gasteiger partial charge in [0.25, 0.3) is 5.91 Å². The van der Waals surface area contributed by atoms with E-state index in [1.807, 2.05) is 50.7 Å². The molecule has 4 atom stereocenters. The van der Waals surface area contributed by atoms with Crippen molar-refractivity contribution < 1.29 is 23.9 Å². The summed E-state index contributed by atoms with van der Waals surface area (Å²) in [6, 6.07) is 8.63. The molecule has 2 aliphatic carbocycles. The minimum atomic E-state index is -0.662. The maximum absolute atomic E-state index is 14.3. The van der Waals surface area contributed by atoms with Gasteiger partial charge in [-0.2, -0.15) is 0 Å². The first-order valence-corrected chi connectivity index (χ1v) is 16.0. The molecule has 46 heavy (non-hydrogen) atoms. The summed E-state index contributed by atoms with van der Waals surface area (Å²) >= 11 is 0. The Labute approximate surface area is 267 Å². The number of methoxy groups -OCH3 is 1. The molecule has 3 amide bonds. The van der Waals surface area contributed by atoms with Crippen molar-refractivity contribution in [3.05, 3.63) is 42.1 Å². The maximum Gasteiger partial charge on any atom is 0.407 e. The van der Waals surface area contributed by atoms with Crippen molar-refractivity contribution >= 4 is 40.0 Å². The second-order valence-corrected chi connectivity index (χ2v) is 14.0. The number of piperidine rings is 1. The number of hydrogen-bond acceptors (Lipinski definition) is 7. The van der Waals surface area contributed by atoms with Crippen LogP contribution in [-0.4, -0.2) is 79.3 Å². The summed E-state index contributed by atoms with van der Waals surface area (Å²) in [6.45, 7) is 8.21. The topological polar surface area (TPSA) is 133 Å². The SMILES string of the molecule is COc1cc(C(=O)N2C[C@H]3C[C@H](NC(C)=O)[C@@H]2[C@@H]3NC(=O)OC(C)(C)C)cc2nc(-c3cc4cccnc4n3CC3CC3)n(C)c12. The summed E-state index contributed by atoms with van der Waals surface area (Å²) in [6.07, 6.45) is 4.36. The Hall–Kier alpha value is -4.61. The van der Waals surface area contributed by atoms with Gasteiger partial charge in [0.1, 0.15) is 22.5 Å². The molecule has 3 aliphatic rings. The quantitative estimate of drug-likeness (QED) is 0.313. The second-order valence-electron chi connectivity index (χ2n) is 14.0. The van der Waals surface area contributed by atoms with Gasteiger partial charge >= 0.3 is 6.09 Å². The minimum absolute atomic E-state index is 0.0348. The zero-order chi connectivity index (χ0) is 32.5. The number of hydrogen-bond donors (Lipinski definition) is 2. The highest BCUT2D eigenvalue weighted by Gasteiger charge is 2.55. The first-order valence-electron chi connectivity index (χ1n) is 16.0. The van der Waals surface area contributed by atoms with Crippen LogP contribution in [0.3, 0.4) is 0 Å². The van der Waals surface area contributed by atoms with Gasteiger partial charge in [0.2, 0.25) is 5.91 Å². The van der Waals surface area contributed by atoms with Gasteiger partial charge in [-0.3, -0.25) is 9.59 Å². The van der Waals surface area contributed by atoms with Crippen molar-refractivity contribution in [1.82, 2.24) is 34.6 Å². The summed E-state index contributed by atoms with van der Waals surface area (Å²) in [5.74, 6) is 1.51. The van der Waals surface area contributed by atoms with Crippen LogP contribution in [0.4, 0.5) is 4.79 Å². The van der Waals surface area contributed by atoms with E-state index in [1.165, 1.54) is 19.8 Å². The van der Waals surface area contributed by atoms with Gasteiger partial charge in [-0.15, -0.1) is 0 Å². The number of rotatable bonds is 7. The third-order valence-electron chi connectivity index (χ3n) is 9.39. The van der Waals surface area contributed by atoms with Crippen LogP contribution < -0.4 is 15.4 Å². The highest BCUT2D eigenvalue weighted by molar-refractivity contribution is 6.00. The van der Waals surface area contributed by atoms with E-state index in [-0.39, 0.29) is 29.8 Å². The van der Waals surface area contributed by atoms with E-state index in [9.17, 15) is 14.4 Å². The molecule has 0 radical (unpaired) electrons. The minimum Gasteiger partial charge on any atom is -0.494 e. The number of carbonyl (C=O) groups is 3. The van der Waals surface area contributed by atoms with E-state index in [2.05, 4.69) is 32.3 Å². The third-order valence-corrected chi connectivity index (χ3v) is 9.39. The molecule has 1 aliphatic heterocycles. The Bertz CT molecular complexity index is 1870. The summed E-state index contributed by atoms with van der Waals surface area (Å²) in [5, 5.41) is 7.06. The van der Waals surface area contributed by atoms with Gasteiger partial charge in [0.15, 0.2) is 5.82 Å². The molecule has 3 aromatic heterocycles. The van der Waals surface area contributed by atoms with Crippen LogP contribution in [0.5, 0.6) is 5.75 Å². The van der Waals surface area contributed by atoms with E-state index >= 15 is 0 Å². The lowest BCUT2D eigenvalue weighted by Crippen LogP contribution is -2.55. The summed E-state index contributed by atoms with van der Waals surface area (Å²) in [7, 11) is 3.56. The van der Waals surface area contributed by atoms with Crippen LogP contribution in [0.15, 0.2) is 36.5 Å². The average molecular weight is 628 g/mol. The number of imidazole rings is 1. The largest absolute Gasteiger partial charge is 0.494 e. The zero-order valence-electron chi connectivity index (χ0n) is 27.2. The molecule has 1 aromatic carbocycles. The van der Waals surface area contributed by atoms with E-state index in [0.717, 1.165) is 34.6 Å². The number of fused-ring (bicyclic) bond motifs is 4. The summed E-state index contributed by atoms with van der Waals surface area (Å²) in [4.78, 5) is 50.7. The van der Waals surface area contributed by atoms with Crippen LogP contribution in [0.1, 0.15) is 57.3 Å². The number of carbonyl (C=O) groups excluding carboxylic acids is 3. The number of pyridine rings is 1. The highest BCUT2D eigenvalue weighted by Crippen LogP contribution is 2.41. The molecule has 1 saturated heterocycles. The van der Waals surface area contributed by atoms with Crippen LogP contribution in [0, 0.1) is 11.8 Å². The zero-order valence-corrected chi connectivity index (χ0v) is 27.2. The van der Waals surface area contributed by atoms with Crippen molar-refractivity contribution in [2.75, 3.05) is 13.7 Å². The number of alkyl carbamates (subject to hydrolysis) is 1. The number of aromatic nitrogens is 4. The molecule has 2 N–H and O–H groups in total. The monoisotopic (exact) mass is 627 g/mol. The van der Waals surface area contributed by atoms with E-state index < -0.39 is 17.7 Å². The first-order chi connectivity index (χ1) is 21.9. The molecule has 2 bridgehead atoms. The smallest absolute Gasteiger partial charge is 0.407 e. The number of aryl methyl sites for hydroxylation is 1. The molecule has 0 spiro atoms. The number of ether oxygens (including phenoxy) is 2. The number of benzene rings is 1. The Kier molecular flexibility index (Phi) is 7.21. The summed E-state index contributed by atoms with van der Waals surface area (Å²) in [5.41, 5.74) is 3.10. The normalized spacial score (nSPS) is 22.4. The Morgan fingerprint density at radius 1 is 1.11 bits per heavy atom. The number of likely N-dealkylation sites (tertiary alicyclic amines) is 1. The first kappa shape index (κ1) is 30.1. The van der Waals surface area contributed by atoms with E-state index in [1.54, 1.807) is 18.1 Å². The number of nitrogens with one attached hydrogen (secondary N) is 2. The lowest BCUT2D eigenvalue weighted by molar-refractivity contribution is -0.120. The molecule has 12 nitrogen and oxygen atoms in total. The van der Waals surface area contributed by atoms with Crippen LogP contribution in [0.25, 0.3) is 33.6 Å². The Balaban J connectivity index is 1.24. The number of nitrogens with zero attached hydrogens (tertiary/aromatic N) is 5. The van der Waals surface area contributed by atoms with Gasteiger partial charge in [0, 0.05) is 50.1 Å². The molecule has 2 saturated carbocycles. The fraction of sp³-hybridized carbons (Fsp3) is 0.500. The van der Waals surface area contributed by atoms with Gasteiger partial charge in [-0.05, 0) is 76.3 Å². The number of amides is 3. The molecule has 0 unspecified atom stereocenters. The summed E-state index contributed by atoms with van der Waals surface area (Å²) < 4.78 is 15.7. The molecule has 4 heterocycles. The second kappa shape index (κ2) is 11.0. The van der Waals surface area contributed by atoms with Crippen molar-refractivity contribution in [2.24, 2.45) is 18.9 Å². The molecule has 3 fully saturated rings. The predicted octanol–water partition coefficient (Wildman–Crippen LogP) is 4.25. The van der Waals surface area contributed by atoms with Crippen molar-refractivity contribution in [3.8, 4) is 17.3 Å². The Morgan fingerprint density at radius 2 is 1.89 bits per heavy atom.